The van der Waals surface area contributed by atoms with Gasteiger partial charge in [-0.05, 0) is 18.7 Å². The molecule has 0 saturated carbocycles. The van der Waals surface area contributed by atoms with E-state index in [0.717, 1.165) is 12.1 Å². The molecule has 0 amide bonds. The average Bonchev–Trinajstić information content (AvgIpc) is 2.37. The smallest absolute Gasteiger partial charge is 0.308 e. The van der Waals surface area contributed by atoms with Crippen LogP contribution in [0.2, 0.25) is 5.02 Å². The Labute approximate surface area is 112 Å². The SMILES string of the molecule is CCNCc1c(Cl)cccc1OCCC(=O)OC. The van der Waals surface area contributed by atoms with Crippen molar-refractivity contribution in [3.8, 4) is 5.75 Å². The van der Waals surface area contributed by atoms with Crippen LogP contribution in [-0.4, -0.2) is 26.2 Å². The molecule has 0 saturated heterocycles. The first kappa shape index (κ1) is 14.8. The molecule has 0 spiro atoms. The maximum Gasteiger partial charge on any atom is 0.308 e. The van der Waals surface area contributed by atoms with Crippen molar-refractivity contribution < 1.29 is 14.3 Å². The molecule has 0 aliphatic rings. The molecule has 0 aliphatic heterocycles. The van der Waals surface area contributed by atoms with E-state index in [9.17, 15) is 4.79 Å². The number of hydrogen-bond acceptors (Lipinski definition) is 4. The van der Waals surface area contributed by atoms with Gasteiger partial charge >= 0.3 is 5.97 Å². The molecule has 0 bridgehead atoms. The van der Waals surface area contributed by atoms with Gasteiger partial charge in [0, 0.05) is 17.1 Å². The molecule has 5 heteroatoms. The molecular formula is C13H18ClNO3. The lowest BCUT2D eigenvalue weighted by Crippen LogP contribution is -2.14. The highest BCUT2D eigenvalue weighted by Gasteiger charge is 2.08. The number of carbonyl (C=O) groups is 1. The minimum Gasteiger partial charge on any atom is -0.493 e. The quantitative estimate of drug-likeness (QED) is 0.774. The molecule has 1 rings (SSSR count). The number of rotatable bonds is 7. The third-order valence-corrected chi connectivity index (χ3v) is 2.77. The Kier molecular flexibility index (Phi) is 6.54. The van der Waals surface area contributed by atoms with Crippen molar-refractivity contribution in [1.29, 1.82) is 0 Å². The Morgan fingerprint density at radius 3 is 2.89 bits per heavy atom. The minimum absolute atomic E-state index is 0.226. The van der Waals surface area contributed by atoms with Crippen LogP contribution in [-0.2, 0) is 16.1 Å². The van der Waals surface area contributed by atoms with Gasteiger partial charge in [0.25, 0.3) is 0 Å². The zero-order chi connectivity index (χ0) is 13.4. The van der Waals surface area contributed by atoms with Gasteiger partial charge in [-0.3, -0.25) is 4.79 Å². The zero-order valence-corrected chi connectivity index (χ0v) is 11.4. The maximum absolute atomic E-state index is 11.0. The van der Waals surface area contributed by atoms with Crippen LogP contribution in [0.5, 0.6) is 5.75 Å². The minimum atomic E-state index is -0.287. The van der Waals surface area contributed by atoms with Gasteiger partial charge in [-0.25, -0.2) is 0 Å². The monoisotopic (exact) mass is 271 g/mol. The van der Waals surface area contributed by atoms with E-state index in [1.807, 2.05) is 25.1 Å². The Hall–Kier alpha value is -1.26. The second kappa shape index (κ2) is 7.95. The number of carbonyl (C=O) groups excluding carboxylic acids is 1. The van der Waals surface area contributed by atoms with Crippen molar-refractivity contribution in [2.75, 3.05) is 20.3 Å². The lowest BCUT2D eigenvalue weighted by molar-refractivity contribution is -0.141. The summed E-state index contributed by atoms with van der Waals surface area (Å²) in [6, 6.07) is 5.49. The van der Waals surface area contributed by atoms with Gasteiger partial charge in [-0.15, -0.1) is 0 Å². The van der Waals surface area contributed by atoms with Crippen LogP contribution in [0.4, 0.5) is 0 Å². The maximum atomic E-state index is 11.0. The van der Waals surface area contributed by atoms with E-state index in [0.29, 0.717) is 17.3 Å². The van der Waals surface area contributed by atoms with E-state index < -0.39 is 0 Å². The van der Waals surface area contributed by atoms with Gasteiger partial charge in [0.2, 0.25) is 0 Å². The van der Waals surface area contributed by atoms with Crippen LogP contribution in [0, 0.1) is 0 Å². The molecule has 0 atom stereocenters. The van der Waals surface area contributed by atoms with Crippen LogP contribution in [0.1, 0.15) is 18.9 Å². The molecule has 18 heavy (non-hydrogen) atoms. The zero-order valence-electron chi connectivity index (χ0n) is 10.7. The van der Waals surface area contributed by atoms with Gasteiger partial charge in [-0.2, -0.15) is 0 Å². The fourth-order valence-corrected chi connectivity index (χ4v) is 1.67. The average molecular weight is 272 g/mol. The highest BCUT2D eigenvalue weighted by atomic mass is 35.5. The number of hydrogen-bond donors (Lipinski definition) is 1. The van der Waals surface area contributed by atoms with Crippen LogP contribution < -0.4 is 10.1 Å². The first-order valence-corrected chi connectivity index (χ1v) is 6.24. The fourth-order valence-electron chi connectivity index (χ4n) is 1.44. The van der Waals surface area contributed by atoms with Crippen LogP contribution in [0.15, 0.2) is 18.2 Å². The van der Waals surface area contributed by atoms with Gasteiger partial charge in [0.15, 0.2) is 0 Å². The van der Waals surface area contributed by atoms with Crippen molar-refractivity contribution in [3.05, 3.63) is 28.8 Å². The summed E-state index contributed by atoms with van der Waals surface area (Å²) in [4.78, 5) is 11.0. The third kappa shape index (κ3) is 4.55. The Bertz CT molecular complexity index is 396. The van der Waals surface area contributed by atoms with Gasteiger partial charge in [0.05, 0.1) is 20.1 Å². The molecule has 4 nitrogen and oxygen atoms in total. The van der Waals surface area contributed by atoms with E-state index in [1.54, 1.807) is 0 Å². The number of esters is 1. The van der Waals surface area contributed by atoms with Crippen molar-refractivity contribution >= 4 is 17.6 Å². The number of halogens is 1. The van der Waals surface area contributed by atoms with E-state index in [1.165, 1.54) is 7.11 Å². The summed E-state index contributed by atoms with van der Waals surface area (Å²) in [6.07, 6.45) is 0.226. The Morgan fingerprint density at radius 2 is 2.22 bits per heavy atom. The third-order valence-electron chi connectivity index (χ3n) is 2.42. The van der Waals surface area contributed by atoms with E-state index >= 15 is 0 Å². The largest absolute Gasteiger partial charge is 0.493 e. The van der Waals surface area contributed by atoms with Crippen molar-refractivity contribution in [3.63, 3.8) is 0 Å². The predicted octanol–water partition coefficient (Wildman–Crippen LogP) is 2.39. The van der Waals surface area contributed by atoms with Gasteiger partial charge < -0.3 is 14.8 Å². The van der Waals surface area contributed by atoms with Crippen molar-refractivity contribution in [2.45, 2.75) is 19.9 Å². The number of methoxy groups -OCH3 is 1. The molecule has 0 fully saturated rings. The lowest BCUT2D eigenvalue weighted by Gasteiger charge is -2.12. The van der Waals surface area contributed by atoms with Crippen LogP contribution >= 0.6 is 11.6 Å². The normalized spacial score (nSPS) is 10.2. The van der Waals surface area contributed by atoms with Crippen LogP contribution in [0.25, 0.3) is 0 Å². The highest BCUT2D eigenvalue weighted by Crippen LogP contribution is 2.26. The topological polar surface area (TPSA) is 47.6 Å². The number of benzene rings is 1. The molecule has 1 N–H and O–H groups in total. The van der Waals surface area contributed by atoms with E-state index in [-0.39, 0.29) is 19.0 Å². The van der Waals surface area contributed by atoms with Gasteiger partial charge in [0.1, 0.15) is 5.75 Å². The van der Waals surface area contributed by atoms with Crippen molar-refractivity contribution in [1.82, 2.24) is 5.32 Å². The Balaban J connectivity index is 2.63. The summed E-state index contributed by atoms with van der Waals surface area (Å²) in [5.41, 5.74) is 0.908. The molecule has 1 aromatic rings. The lowest BCUT2D eigenvalue weighted by atomic mass is 10.2. The molecule has 0 radical (unpaired) electrons. The summed E-state index contributed by atoms with van der Waals surface area (Å²) in [5.74, 6) is 0.414. The van der Waals surface area contributed by atoms with E-state index in [2.05, 4.69) is 10.1 Å². The molecule has 100 valence electrons. The predicted molar refractivity (Wildman–Crippen MR) is 71.0 cm³/mol. The molecule has 0 unspecified atom stereocenters. The highest BCUT2D eigenvalue weighted by molar-refractivity contribution is 6.31. The summed E-state index contributed by atoms with van der Waals surface area (Å²) in [5, 5.41) is 3.86. The number of nitrogens with one attached hydrogen (secondary N) is 1. The molecular weight excluding hydrogens is 254 g/mol. The molecule has 0 aromatic heterocycles. The second-order valence-corrected chi connectivity index (χ2v) is 4.08. The summed E-state index contributed by atoms with van der Waals surface area (Å²) in [7, 11) is 1.36. The van der Waals surface area contributed by atoms with Crippen molar-refractivity contribution in [2.24, 2.45) is 0 Å². The summed E-state index contributed by atoms with van der Waals surface area (Å²) < 4.78 is 10.1. The summed E-state index contributed by atoms with van der Waals surface area (Å²) in [6.45, 7) is 3.80. The first-order valence-electron chi connectivity index (χ1n) is 5.86. The van der Waals surface area contributed by atoms with E-state index in [4.69, 9.17) is 16.3 Å². The summed E-state index contributed by atoms with van der Waals surface area (Å²) >= 11 is 6.12. The van der Waals surface area contributed by atoms with Gasteiger partial charge in [-0.1, -0.05) is 24.6 Å². The number of ether oxygens (including phenoxy) is 2. The second-order valence-electron chi connectivity index (χ2n) is 3.67. The first-order chi connectivity index (χ1) is 8.69. The standard InChI is InChI=1S/C13H18ClNO3/c1-3-15-9-10-11(14)5-4-6-12(10)18-8-7-13(16)17-2/h4-6,15H,3,7-9H2,1-2H3. The van der Waals surface area contributed by atoms with Crippen LogP contribution in [0.3, 0.4) is 0 Å². The molecule has 0 aliphatic carbocycles. The molecule has 0 heterocycles. The fraction of sp³-hybridized carbons (Fsp3) is 0.462. The Morgan fingerprint density at radius 1 is 1.44 bits per heavy atom. The molecule has 1 aromatic carbocycles.